The van der Waals surface area contributed by atoms with E-state index in [1.807, 2.05) is 0 Å². The Morgan fingerprint density at radius 3 is 2.65 bits per heavy atom. The van der Waals surface area contributed by atoms with Crippen LogP contribution in [-0.4, -0.2) is 6.61 Å². The Kier molecular flexibility index (Phi) is 6.85. The summed E-state index contributed by atoms with van der Waals surface area (Å²) in [5.41, 5.74) is 0.554. The Labute approximate surface area is 118 Å². The molecule has 0 N–H and O–H groups in total. The van der Waals surface area contributed by atoms with Crippen LogP contribution in [0.3, 0.4) is 0 Å². The number of benzene rings is 1. The fourth-order valence-corrected chi connectivity index (χ4v) is 1.69. The van der Waals surface area contributed by atoms with Gasteiger partial charge in [-0.1, -0.05) is 32.3 Å². The first-order valence-corrected chi connectivity index (χ1v) is 6.65. The first kappa shape index (κ1) is 15.7. The van der Waals surface area contributed by atoms with Crippen LogP contribution in [0.4, 0.5) is 4.39 Å². The first-order valence-electron chi connectivity index (χ1n) is 6.65. The van der Waals surface area contributed by atoms with Crippen molar-refractivity contribution in [1.82, 2.24) is 0 Å². The van der Waals surface area contributed by atoms with Crippen LogP contribution >= 0.6 is 0 Å². The molecule has 4 heteroatoms. The zero-order valence-electron chi connectivity index (χ0n) is 11.5. The standard InChI is InChI=1S/C16H17FN2O/c1-2-3-4-5-8-20-16-10-13(6-7-15(16)17)9-14(11-18)12-19/h6-7,9-10H,2-5,8H2,1H3. The molecule has 1 aromatic rings. The van der Waals surface area contributed by atoms with Crippen molar-refractivity contribution in [2.45, 2.75) is 32.6 Å². The van der Waals surface area contributed by atoms with Crippen LogP contribution in [-0.2, 0) is 0 Å². The molecule has 0 aliphatic carbocycles. The summed E-state index contributed by atoms with van der Waals surface area (Å²) in [5.74, 6) is -0.279. The Bertz CT molecular complexity index is 537. The van der Waals surface area contributed by atoms with Gasteiger partial charge in [0, 0.05) is 0 Å². The van der Waals surface area contributed by atoms with E-state index in [2.05, 4.69) is 6.92 Å². The third kappa shape index (κ3) is 5.12. The lowest BCUT2D eigenvalue weighted by Crippen LogP contribution is -1.99. The number of ether oxygens (including phenoxy) is 1. The summed E-state index contributed by atoms with van der Waals surface area (Å²) in [4.78, 5) is 0. The van der Waals surface area contributed by atoms with E-state index in [9.17, 15) is 4.39 Å². The van der Waals surface area contributed by atoms with Gasteiger partial charge in [-0.2, -0.15) is 10.5 Å². The largest absolute Gasteiger partial charge is 0.490 e. The van der Waals surface area contributed by atoms with Gasteiger partial charge in [0.15, 0.2) is 11.6 Å². The van der Waals surface area contributed by atoms with Crippen molar-refractivity contribution in [3.63, 3.8) is 0 Å². The predicted octanol–water partition coefficient (Wildman–Crippen LogP) is 4.22. The summed E-state index contributed by atoms with van der Waals surface area (Å²) in [5, 5.41) is 17.4. The van der Waals surface area contributed by atoms with Crippen molar-refractivity contribution >= 4 is 6.08 Å². The highest BCUT2D eigenvalue weighted by Crippen LogP contribution is 2.21. The first-order chi connectivity index (χ1) is 9.71. The van der Waals surface area contributed by atoms with E-state index in [1.165, 1.54) is 24.3 Å². The van der Waals surface area contributed by atoms with E-state index < -0.39 is 5.82 Å². The summed E-state index contributed by atoms with van der Waals surface area (Å²) in [6.45, 7) is 2.59. The van der Waals surface area contributed by atoms with Crippen LogP contribution in [0.1, 0.15) is 38.2 Å². The van der Waals surface area contributed by atoms with E-state index in [0.29, 0.717) is 12.2 Å². The Morgan fingerprint density at radius 2 is 2.00 bits per heavy atom. The Balaban J connectivity index is 2.70. The number of nitriles is 2. The molecule has 0 spiro atoms. The van der Waals surface area contributed by atoms with Gasteiger partial charge in [-0.15, -0.1) is 0 Å². The molecule has 0 saturated heterocycles. The van der Waals surface area contributed by atoms with Crippen LogP contribution in [0.5, 0.6) is 5.75 Å². The molecular weight excluding hydrogens is 255 g/mol. The Hall–Kier alpha value is -2.33. The van der Waals surface area contributed by atoms with Crippen molar-refractivity contribution < 1.29 is 9.13 Å². The lowest BCUT2D eigenvalue weighted by atomic mass is 10.1. The van der Waals surface area contributed by atoms with E-state index in [1.54, 1.807) is 12.1 Å². The zero-order chi connectivity index (χ0) is 14.8. The summed E-state index contributed by atoms with van der Waals surface area (Å²) in [6, 6.07) is 7.82. The van der Waals surface area contributed by atoms with E-state index in [-0.39, 0.29) is 11.3 Å². The highest BCUT2D eigenvalue weighted by atomic mass is 19.1. The molecule has 20 heavy (non-hydrogen) atoms. The number of halogens is 1. The molecule has 0 saturated carbocycles. The molecule has 1 rings (SSSR count). The zero-order valence-corrected chi connectivity index (χ0v) is 11.5. The minimum Gasteiger partial charge on any atom is -0.490 e. The van der Waals surface area contributed by atoms with Crippen molar-refractivity contribution in [3.8, 4) is 17.9 Å². The fraction of sp³-hybridized carbons (Fsp3) is 0.375. The van der Waals surface area contributed by atoms with Gasteiger partial charge in [0.1, 0.15) is 17.7 Å². The molecule has 0 amide bonds. The fourth-order valence-electron chi connectivity index (χ4n) is 1.69. The van der Waals surface area contributed by atoms with Crippen molar-refractivity contribution in [3.05, 3.63) is 35.2 Å². The topological polar surface area (TPSA) is 56.8 Å². The highest BCUT2D eigenvalue weighted by Gasteiger charge is 2.04. The minimum absolute atomic E-state index is 0.0227. The molecule has 104 valence electrons. The van der Waals surface area contributed by atoms with Gasteiger partial charge >= 0.3 is 0 Å². The van der Waals surface area contributed by atoms with Crippen LogP contribution in [0.25, 0.3) is 6.08 Å². The van der Waals surface area contributed by atoms with E-state index >= 15 is 0 Å². The quantitative estimate of drug-likeness (QED) is 0.551. The number of unbranched alkanes of at least 4 members (excludes halogenated alkanes) is 3. The third-order valence-corrected chi connectivity index (χ3v) is 2.76. The molecule has 0 bridgehead atoms. The predicted molar refractivity (Wildman–Crippen MR) is 75.2 cm³/mol. The van der Waals surface area contributed by atoms with Gasteiger partial charge in [-0.05, 0) is 30.2 Å². The van der Waals surface area contributed by atoms with Gasteiger partial charge in [-0.3, -0.25) is 0 Å². The number of rotatable bonds is 7. The lowest BCUT2D eigenvalue weighted by Gasteiger charge is -2.07. The molecular formula is C16H17FN2O. The van der Waals surface area contributed by atoms with Gasteiger partial charge in [0.2, 0.25) is 0 Å². The third-order valence-electron chi connectivity index (χ3n) is 2.76. The summed E-state index contributed by atoms with van der Waals surface area (Å²) in [7, 11) is 0. The van der Waals surface area contributed by atoms with E-state index in [4.69, 9.17) is 15.3 Å². The molecule has 0 radical (unpaired) electrons. The lowest BCUT2D eigenvalue weighted by molar-refractivity contribution is 0.290. The average Bonchev–Trinajstić information content (AvgIpc) is 2.47. The second-order valence-corrected chi connectivity index (χ2v) is 4.38. The molecule has 0 atom stereocenters. The monoisotopic (exact) mass is 272 g/mol. The van der Waals surface area contributed by atoms with E-state index in [0.717, 1.165) is 25.7 Å². The summed E-state index contributed by atoms with van der Waals surface area (Å²) in [6.07, 6.45) is 5.63. The molecule has 3 nitrogen and oxygen atoms in total. The number of hydrogen-bond donors (Lipinski definition) is 0. The summed E-state index contributed by atoms with van der Waals surface area (Å²) < 4.78 is 19.0. The Morgan fingerprint density at radius 1 is 1.25 bits per heavy atom. The van der Waals surface area contributed by atoms with Gasteiger partial charge in [0.25, 0.3) is 0 Å². The second kappa shape index (κ2) is 8.72. The maximum Gasteiger partial charge on any atom is 0.165 e. The number of allylic oxidation sites excluding steroid dienone is 1. The number of nitrogens with zero attached hydrogens (tertiary/aromatic N) is 2. The van der Waals surface area contributed by atoms with Crippen LogP contribution < -0.4 is 4.74 Å². The van der Waals surface area contributed by atoms with Gasteiger partial charge in [0.05, 0.1) is 6.61 Å². The molecule has 0 aliphatic rings. The molecule has 0 aliphatic heterocycles. The SMILES string of the molecule is CCCCCCOc1cc(C=C(C#N)C#N)ccc1F. The van der Waals surface area contributed by atoms with Crippen molar-refractivity contribution in [1.29, 1.82) is 10.5 Å². The van der Waals surface area contributed by atoms with Crippen LogP contribution in [0, 0.1) is 28.5 Å². The second-order valence-electron chi connectivity index (χ2n) is 4.38. The minimum atomic E-state index is -0.437. The molecule has 0 unspecified atom stereocenters. The van der Waals surface area contributed by atoms with Crippen LogP contribution in [0.2, 0.25) is 0 Å². The molecule has 0 fully saturated rings. The summed E-state index contributed by atoms with van der Waals surface area (Å²) >= 11 is 0. The molecule has 0 aromatic heterocycles. The maximum atomic E-state index is 13.6. The van der Waals surface area contributed by atoms with Crippen LogP contribution in [0.15, 0.2) is 23.8 Å². The number of hydrogen-bond acceptors (Lipinski definition) is 3. The smallest absolute Gasteiger partial charge is 0.165 e. The van der Waals surface area contributed by atoms with Crippen molar-refractivity contribution in [2.75, 3.05) is 6.61 Å². The van der Waals surface area contributed by atoms with Crippen molar-refractivity contribution in [2.24, 2.45) is 0 Å². The highest BCUT2D eigenvalue weighted by molar-refractivity contribution is 5.62. The molecule has 0 heterocycles. The van der Waals surface area contributed by atoms with Gasteiger partial charge < -0.3 is 4.74 Å². The van der Waals surface area contributed by atoms with Gasteiger partial charge in [-0.25, -0.2) is 4.39 Å². The average molecular weight is 272 g/mol. The molecule has 1 aromatic carbocycles. The normalized spacial score (nSPS) is 9.40. The maximum absolute atomic E-state index is 13.6.